The van der Waals surface area contributed by atoms with E-state index in [0.717, 1.165) is 10.9 Å². The maximum Gasteiger partial charge on any atom is 0.250 e. The predicted molar refractivity (Wildman–Crippen MR) is 75.1 cm³/mol. The molecule has 0 bridgehead atoms. The van der Waals surface area contributed by atoms with E-state index in [1.165, 1.54) is 37.7 Å². The van der Waals surface area contributed by atoms with Crippen LogP contribution in [0, 0.1) is 0 Å². The predicted octanol–water partition coefficient (Wildman–Crippen LogP) is 3.31. The molecule has 1 aromatic rings. The van der Waals surface area contributed by atoms with E-state index in [1.54, 1.807) is 0 Å². The Labute approximate surface area is 112 Å². The van der Waals surface area contributed by atoms with Crippen LogP contribution >= 0.6 is 11.8 Å². The van der Waals surface area contributed by atoms with E-state index in [4.69, 9.17) is 4.74 Å². The molecule has 18 heavy (non-hydrogen) atoms. The summed E-state index contributed by atoms with van der Waals surface area (Å²) in [6.45, 7) is 0.0958. The Morgan fingerprint density at radius 2 is 2.00 bits per heavy atom. The topological polar surface area (TPSA) is 38.3 Å². The Kier molecular flexibility index (Phi) is 5.08. The summed E-state index contributed by atoms with van der Waals surface area (Å²) < 4.78 is 4.77. The summed E-state index contributed by atoms with van der Waals surface area (Å²) in [6.07, 6.45) is 5.39. The van der Waals surface area contributed by atoms with Gasteiger partial charge in [0.05, 0.1) is 0 Å². The van der Waals surface area contributed by atoms with Crippen molar-refractivity contribution < 1.29 is 9.53 Å². The first-order chi connectivity index (χ1) is 8.78. The van der Waals surface area contributed by atoms with Crippen LogP contribution in [0.4, 0.5) is 5.69 Å². The Morgan fingerprint density at radius 3 is 2.61 bits per heavy atom. The van der Waals surface area contributed by atoms with Crippen molar-refractivity contribution in [2.75, 3.05) is 19.0 Å². The Hall–Kier alpha value is -1.00. The SMILES string of the molecule is COCC(=O)Nc1ccc(SC2CCCC2)cc1. The van der Waals surface area contributed by atoms with Gasteiger partial charge in [0.15, 0.2) is 0 Å². The maximum absolute atomic E-state index is 11.3. The van der Waals surface area contributed by atoms with Gasteiger partial charge in [0.1, 0.15) is 6.61 Å². The lowest BCUT2D eigenvalue weighted by Crippen LogP contribution is -2.16. The summed E-state index contributed by atoms with van der Waals surface area (Å²) in [5.41, 5.74) is 0.827. The van der Waals surface area contributed by atoms with Gasteiger partial charge in [0.2, 0.25) is 5.91 Å². The van der Waals surface area contributed by atoms with E-state index in [-0.39, 0.29) is 12.5 Å². The number of hydrogen-bond acceptors (Lipinski definition) is 3. The van der Waals surface area contributed by atoms with Crippen LogP contribution in [0.3, 0.4) is 0 Å². The average Bonchev–Trinajstić information content (AvgIpc) is 2.85. The molecule has 0 heterocycles. The number of thioether (sulfide) groups is 1. The molecule has 1 aromatic carbocycles. The van der Waals surface area contributed by atoms with E-state index < -0.39 is 0 Å². The van der Waals surface area contributed by atoms with Crippen molar-refractivity contribution >= 4 is 23.4 Å². The van der Waals surface area contributed by atoms with Crippen LogP contribution in [0.5, 0.6) is 0 Å². The van der Waals surface area contributed by atoms with Crippen molar-refractivity contribution in [1.82, 2.24) is 0 Å². The van der Waals surface area contributed by atoms with Gasteiger partial charge in [-0.1, -0.05) is 12.8 Å². The molecule has 1 amide bonds. The lowest BCUT2D eigenvalue weighted by Gasteiger charge is -2.09. The fourth-order valence-electron chi connectivity index (χ4n) is 2.14. The Bertz CT molecular complexity index is 385. The average molecular weight is 265 g/mol. The first kappa shape index (κ1) is 13.4. The van der Waals surface area contributed by atoms with Crippen molar-refractivity contribution in [2.45, 2.75) is 35.8 Å². The van der Waals surface area contributed by atoms with E-state index in [2.05, 4.69) is 17.4 Å². The number of amides is 1. The normalized spacial score (nSPS) is 15.8. The van der Waals surface area contributed by atoms with Crippen LogP contribution in [0.25, 0.3) is 0 Å². The van der Waals surface area contributed by atoms with Crippen molar-refractivity contribution in [2.24, 2.45) is 0 Å². The van der Waals surface area contributed by atoms with E-state index in [0.29, 0.717) is 0 Å². The fourth-order valence-corrected chi connectivity index (χ4v) is 3.39. The number of benzene rings is 1. The number of methoxy groups -OCH3 is 1. The maximum atomic E-state index is 11.3. The molecule has 0 unspecified atom stereocenters. The standard InChI is InChI=1S/C14H19NO2S/c1-17-10-14(16)15-11-6-8-13(9-7-11)18-12-4-2-3-5-12/h6-9,12H,2-5,10H2,1H3,(H,15,16). The van der Waals surface area contributed by atoms with E-state index in [1.807, 2.05) is 23.9 Å². The van der Waals surface area contributed by atoms with Crippen LogP contribution in [-0.2, 0) is 9.53 Å². The molecule has 1 N–H and O–H groups in total. The van der Waals surface area contributed by atoms with Gasteiger partial charge in [-0.25, -0.2) is 0 Å². The molecule has 1 saturated carbocycles. The Morgan fingerprint density at radius 1 is 1.33 bits per heavy atom. The van der Waals surface area contributed by atoms with Gasteiger partial charge >= 0.3 is 0 Å². The number of anilines is 1. The zero-order valence-corrected chi connectivity index (χ0v) is 11.5. The summed E-state index contributed by atoms with van der Waals surface area (Å²) in [4.78, 5) is 12.6. The number of carbonyl (C=O) groups is 1. The quantitative estimate of drug-likeness (QED) is 0.887. The summed E-state index contributed by atoms with van der Waals surface area (Å²) in [5.74, 6) is -0.117. The van der Waals surface area contributed by atoms with Crippen LogP contribution in [0.15, 0.2) is 29.2 Å². The highest BCUT2D eigenvalue weighted by Crippen LogP contribution is 2.34. The first-order valence-corrected chi connectivity index (χ1v) is 7.21. The third kappa shape index (κ3) is 4.03. The molecule has 4 heteroatoms. The van der Waals surface area contributed by atoms with Gasteiger partial charge in [-0.05, 0) is 37.1 Å². The van der Waals surface area contributed by atoms with E-state index in [9.17, 15) is 4.79 Å². The van der Waals surface area contributed by atoms with Crippen LogP contribution in [0.1, 0.15) is 25.7 Å². The monoisotopic (exact) mass is 265 g/mol. The van der Waals surface area contributed by atoms with Gasteiger partial charge < -0.3 is 10.1 Å². The highest BCUT2D eigenvalue weighted by Gasteiger charge is 2.15. The number of hydrogen-bond donors (Lipinski definition) is 1. The lowest BCUT2D eigenvalue weighted by molar-refractivity contribution is -0.119. The number of rotatable bonds is 5. The minimum atomic E-state index is -0.117. The van der Waals surface area contributed by atoms with Crippen molar-refractivity contribution in [3.63, 3.8) is 0 Å². The number of nitrogens with one attached hydrogen (secondary N) is 1. The molecule has 0 saturated heterocycles. The van der Waals surface area contributed by atoms with E-state index >= 15 is 0 Å². The summed E-state index contributed by atoms with van der Waals surface area (Å²) in [5, 5.41) is 3.57. The van der Waals surface area contributed by atoms with Gasteiger partial charge in [-0.15, -0.1) is 11.8 Å². The van der Waals surface area contributed by atoms with Gasteiger partial charge in [-0.2, -0.15) is 0 Å². The molecule has 0 atom stereocenters. The van der Waals surface area contributed by atoms with Crippen molar-refractivity contribution in [3.05, 3.63) is 24.3 Å². The smallest absolute Gasteiger partial charge is 0.250 e. The van der Waals surface area contributed by atoms with Crippen LogP contribution in [-0.4, -0.2) is 24.9 Å². The molecular formula is C14H19NO2S. The third-order valence-electron chi connectivity index (χ3n) is 3.02. The van der Waals surface area contributed by atoms with Crippen molar-refractivity contribution in [3.8, 4) is 0 Å². The second-order valence-electron chi connectivity index (χ2n) is 4.53. The van der Waals surface area contributed by atoms with Crippen molar-refractivity contribution in [1.29, 1.82) is 0 Å². The molecule has 2 rings (SSSR count). The molecule has 0 spiro atoms. The Balaban J connectivity index is 1.86. The molecule has 3 nitrogen and oxygen atoms in total. The molecule has 1 fully saturated rings. The minimum absolute atomic E-state index is 0.0958. The van der Waals surface area contributed by atoms with Gasteiger partial charge in [-0.3, -0.25) is 4.79 Å². The van der Waals surface area contributed by atoms with Crippen LogP contribution in [0.2, 0.25) is 0 Å². The fraction of sp³-hybridized carbons (Fsp3) is 0.500. The second-order valence-corrected chi connectivity index (χ2v) is 5.90. The molecule has 1 aliphatic rings. The highest BCUT2D eigenvalue weighted by atomic mass is 32.2. The molecule has 0 aromatic heterocycles. The van der Waals surface area contributed by atoms with Crippen LogP contribution < -0.4 is 5.32 Å². The molecule has 0 aliphatic heterocycles. The summed E-state index contributed by atoms with van der Waals surface area (Å²) in [7, 11) is 1.51. The highest BCUT2D eigenvalue weighted by molar-refractivity contribution is 8.00. The molecular weight excluding hydrogens is 246 g/mol. The van der Waals surface area contributed by atoms with Gasteiger partial charge in [0.25, 0.3) is 0 Å². The lowest BCUT2D eigenvalue weighted by atomic mass is 10.3. The molecule has 1 aliphatic carbocycles. The zero-order valence-electron chi connectivity index (χ0n) is 10.6. The first-order valence-electron chi connectivity index (χ1n) is 6.33. The number of ether oxygens (including phenoxy) is 1. The number of carbonyl (C=O) groups excluding carboxylic acids is 1. The molecule has 0 radical (unpaired) electrons. The molecule has 98 valence electrons. The zero-order chi connectivity index (χ0) is 12.8. The summed E-state index contributed by atoms with van der Waals surface area (Å²) >= 11 is 1.95. The minimum Gasteiger partial charge on any atom is -0.375 e. The van der Waals surface area contributed by atoms with Gasteiger partial charge in [0, 0.05) is 22.9 Å². The summed E-state index contributed by atoms with van der Waals surface area (Å²) in [6, 6.07) is 8.05. The third-order valence-corrected chi connectivity index (χ3v) is 4.37. The second kappa shape index (κ2) is 6.81. The largest absolute Gasteiger partial charge is 0.375 e.